The van der Waals surface area contributed by atoms with Crippen LogP contribution in [0.1, 0.15) is 10.6 Å². The van der Waals surface area contributed by atoms with Crippen molar-refractivity contribution in [3.05, 3.63) is 24.0 Å². The number of esters is 1. The predicted octanol–water partition coefficient (Wildman–Crippen LogP) is 1.07. The maximum Gasteiger partial charge on any atom is 0.374 e. The predicted molar refractivity (Wildman–Crippen MR) is 53.7 cm³/mol. The summed E-state index contributed by atoms with van der Waals surface area (Å²) in [5.41, 5.74) is 1.34. The highest BCUT2D eigenvalue weighted by atomic mass is 16.5. The van der Waals surface area contributed by atoms with E-state index in [1.54, 1.807) is 23.7 Å². The quantitative estimate of drug-likeness (QED) is 0.709. The molecule has 1 N–H and O–H groups in total. The number of carbonyl (C=O) groups excluding carboxylic acids is 1. The van der Waals surface area contributed by atoms with E-state index in [0.717, 1.165) is 5.52 Å². The monoisotopic (exact) mass is 206 g/mol. The molecule has 1 heterocycles. The molecule has 0 atom stereocenters. The molecule has 2 aromatic rings. The molecule has 2 rings (SSSR count). The molecule has 0 aliphatic heterocycles. The van der Waals surface area contributed by atoms with Crippen LogP contribution in [-0.4, -0.2) is 27.7 Å². The second kappa shape index (κ2) is 3.27. The number of benzene rings is 1. The molecule has 0 aliphatic carbocycles. The zero-order valence-corrected chi connectivity index (χ0v) is 8.39. The highest BCUT2D eigenvalue weighted by molar-refractivity contribution is 5.91. The Hall–Kier alpha value is -2.04. The first kappa shape index (κ1) is 9.51. The smallest absolute Gasteiger partial charge is 0.374 e. The number of fused-ring (bicyclic) bond motifs is 1. The topological polar surface area (TPSA) is 64.3 Å². The highest BCUT2D eigenvalue weighted by Crippen LogP contribution is 2.20. The first-order chi connectivity index (χ1) is 7.13. The van der Waals surface area contributed by atoms with Crippen LogP contribution >= 0.6 is 0 Å². The van der Waals surface area contributed by atoms with Gasteiger partial charge in [0.25, 0.3) is 0 Å². The summed E-state index contributed by atoms with van der Waals surface area (Å²) in [6.07, 6.45) is 0. The van der Waals surface area contributed by atoms with E-state index in [4.69, 9.17) is 0 Å². The Balaban J connectivity index is 2.69. The Labute approximate surface area is 85.9 Å². The molecule has 5 nitrogen and oxygen atoms in total. The number of carbonyl (C=O) groups is 1. The van der Waals surface area contributed by atoms with Crippen molar-refractivity contribution in [2.24, 2.45) is 7.05 Å². The van der Waals surface area contributed by atoms with E-state index < -0.39 is 5.97 Å². The van der Waals surface area contributed by atoms with Gasteiger partial charge in [0.05, 0.1) is 18.1 Å². The van der Waals surface area contributed by atoms with E-state index in [-0.39, 0.29) is 11.6 Å². The van der Waals surface area contributed by atoms with Gasteiger partial charge >= 0.3 is 5.97 Å². The number of aryl methyl sites for hydroxylation is 1. The average molecular weight is 206 g/mol. The molecular weight excluding hydrogens is 196 g/mol. The van der Waals surface area contributed by atoms with Crippen LogP contribution in [0.15, 0.2) is 18.2 Å². The van der Waals surface area contributed by atoms with Gasteiger partial charge in [-0.3, -0.25) is 0 Å². The molecule has 0 unspecified atom stereocenters. The van der Waals surface area contributed by atoms with Crippen LogP contribution < -0.4 is 0 Å². The molecule has 15 heavy (non-hydrogen) atoms. The molecule has 0 fully saturated rings. The molecule has 5 heteroatoms. The van der Waals surface area contributed by atoms with Crippen molar-refractivity contribution in [2.75, 3.05) is 7.11 Å². The van der Waals surface area contributed by atoms with Crippen molar-refractivity contribution in [1.82, 2.24) is 9.55 Å². The largest absolute Gasteiger partial charge is 0.508 e. The maximum atomic E-state index is 11.3. The summed E-state index contributed by atoms with van der Waals surface area (Å²) >= 11 is 0. The summed E-state index contributed by atoms with van der Waals surface area (Å²) in [5.74, 6) is -0.150. The number of ether oxygens (including phenoxy) is 1. The van der Waals surface area contributed by atoms with Gasteiger partial charge in [-0.2, -0.15) is 0 Å². The maximum absolute atomic E-state index is 11.3. The highest BCUT2D eigenvalue weighted by Gasteiger charge is 2.15. The number of phenols is 1. The third-order valence-corrected chi connectivity index (χ3v) is 2.23. The van der Waals surface area contributed by atoms with Crippen molar-refractivity contribution >= 4 is 17.0 Å². The lowest BCUT2D eigenvalue weighted by atomic mass is 10.3. The van der Waals surface area contributed by atoms with Gasteiger partial charge in [-0.25, -0.2) is 9.78 Å². The number of aromatic hydroxyl groups is 1. The van der Waals surface area contributed by atoms with Crippen LogP contribution in [0, 0.1) is 0 Å². The lowest BCUT2D eigenvalue weighted by Gasteiger charge is -1.99. The first-order valence-corrected chi connectivity index (χ1v) is 4.37. The van der Waals surface area contributed by atoms with Crippen molar-refractivity contribution < 1.29 is 14.6 Å². The minimum atomic E-state index is -0.492. The number of nitrogens with zero attached hydrogens (tertiary/aromatic N) is 2. The fraction of sp³-hybridized carbons (Fsp3) is 0.200. The zero-order valence-electron chi connectivity index (χ0n) is 8.39. The summed E-state index contributed by atoms with van der Waals surface area (Å²) in [6.45, 7) is 0. The number of imidazole rings is 1. The van der Waals surface area contributed by atoms with Gasteiger partial charge < -0.3 is 14.4 Å². The summed E-state index contributed by atoms with van der Waals surface area (Å²) in [4.78, 5) is 15.4. The number of phenolic OH excluding ortho intramolecular Hbond substituents is 1. The summed E-state index contributed by atoms with van der Waals surface area (Å²) in [5, 5.41) is 9.26. The van der Waals surface area contributed by atoms with Gasteiger partial charge in [-0.05, 0) is 12.1 Å². The molecule has 0 bridgehead atoms. The molecule has 0 radical (unpaired) electrons. The molecule has 0 aliphatic rings. The fourth-order valence-corrected chi connectivity index (χ4v) is 1.46. The van der Waals surface area contributed by atoms with Crippen molar-refractivity contribution in [3.8, 4) is 5.75 Å². The van der Waals surface area contributed by atoms with E-state index in [9.17, 15) is 9.90 Å². The Bertz CT molecular complexity index is 531. The molecule has 1 aromatic heterocycles. The normalized spacial score (nSPS) is 10.5. The summed E-state index contributed by atoms with van der Waals surface area (Å²) in [7, 11) is 3.03. The third-order valence-electron chi connectivity index (χ3n) is 2.23. The standard InChI is InChI=1S/C10H10N2O3/c1-12-8-4-3-6(13)5-7(8)11-9(12)10(14)15-2/h3-5,13H,1-2H3. The van der Waals surface area contributed by atoms with E-state index >= 15 is 0 Å². The zero-order chi connectivity index (χ0) is 11.0. The fourth-order valence-electron chi connectivity index (χ4n) is 1.46. The Morgan fingerprint density at radius 1 is 1.53 bits per heavy atom. The minimum Gasteiger partial charge on any atom is -0.508 e. The van der Waals surface area contributed by atoms with Gasteiger partial charge in [0.2, 0.25) is 5.82 Å². The molecular formula is C10H10N2O3. The van der Waals surface area contributed by atoms with E-state index in [1.165, 1.54) is 13.2 Å². The van der Waals surface area contributed by atoms with Crippen LogP contribution in [0.5, 0.6) is 5.75 Å². The number of hydrogen-bond acceptors (Lipinski definition) is 4. The number of methoxy groups -OCH3 is 1. The van der Waals surface area contributed by atoms with Crippen molar-refractivity contribution in [1.29, 1.82) is 0 Å². The van der Waals surface area contributed by atoms with Gasteiger partial charge in [-0.15, -0.1) is 0 Å². The Kier molecular flexibility index (Phi) is 2.07. The van der Waals surface area contributed by atoms with Gasteiger partial charge in [0, 0.05) is 13.1 Å². The molecule has 0 saturated carbocycles. The second-order valence-corrected chi connectivity index (χ2v) is 3.16. The second-order valence-electron chi connectivity index (χ2n) is 3.16. The van der Waals surface area contributed by atoms with Gasteiger partial charge in [-0.1, -0.05) is 0 Å². The van der Waals surface area contributed by atoms with E-state index in [1.807, 2.05) is 0 Å². The van der Waals surface area contributed by atoms with Crippen LogP contribution in [0.2, 0.25) is 0 Å². The van der Waals surface area contributed by atoms with Gasteiger partial charge in [0.15, 0.2) is 0 Å². The van der Waals surface area contributed by atoms with Crippen molar-refractivity contribution in [2.45, 2.75) is 0 Å². The Morgan fingerprint density at radius 3 is 2.93 bits per heavy atom. The lowest BCUT2D eigenvalue weighted by Crippen LogP contribution is -2.08. The molecule has 0 spiro atoms. The molecule has 1 aromatic carbocycles. The van der Waals surface area contributed by atoms with Crippen LogP contribution in [-0.2, 0) is 11.8 Å². The Morgan fingerprint density at radius 2 is 2.27 bits per heavy atom. The van der Waals surface area contributed by atoms with Crippen molar-refractivity contribution in [3.63, 3.8) is 0 Å². The summed E-state index contributed by atoms with van der Waals surface area (Å²) in [6, 6.07) is 4.75. The summed E-state index contributed by atoms with van der Waals surface area (Å²) < 4.78 is 6.22. The number of hydrogen-bond donors (Lipinski definition) is 1. The number of rotatable bonds is 1. The van der Waals surface area contributed by atoms with Gasteiger partial charge in [0.1, 0.15) is 5.75 Å². The molecule has 0 amide bonds. The van der Waals surface area contributed by atoms with E-state index in [0.29, 0.717) is 5.52 Å². The van der Waals surface area contributed by atoms with E-state index in [2.05, 4.69) is 9.72 Å². The lowest BCUT2D eigenvalue weighted by molar-refractivity contribution is 0.0583. The van der Waals surface area contributed by atoms with Crippen LogP contribution in [0.4, 0.5) is 0 Å². The minimum absolute atomic E-state index is 0.122. The SMILES string of the molecule is COC(=O)c1nc2cc(O)ccc2n1C. The third kappa shape index (κ3) is 1.41. The molecule has 0 saturated heterocycles. The number of aromatic nitrogens is 2. The first-order valence-electron chi connectivity index (χ1n) is 4.37. The average Bonchev–Trinajstić information content (AvgIpc) is 2.54. The van der Waals surface area contributed by atoms with Crippen LogP contribution in [0.25, 0.3) is 11.0 Å². The molecule has 78 valence electrons. The van der Waals surface area contributed by atoms with Crippen LogP contribution in [0.3, 0.4) is 0 Å².